The lowest BCUT2D eigenvalue weighted by Gasteiger charge is -2.12. The molecule has 2 aromatic heterocycles. The molecule has 2 aromatic rings. The van der Waals surface area contributed by atoms with Gasteiger partial charge in [0.1, 0.15) is 11.8 Å². The average Bonchev–Trinajstić information content (AvgIpc) is 2.99. The van der Waals surface area contributed by atoms with E-state index in [0.717, 1.165) is 0 Å². The molecule has 0 aliphatic rings. The zero-order valence-electron chi connectivity index (χ0n) is 10.2. The number of aliphatic carboxylic acids is 1. The van der Waals surface area contributed by atoms with Crippen LogP contribution in [0.4, 0.5) is 0 Å². The van der Waals surface area contributed by atoms with Crippen molar-refractivity contribution in [3.63, 3.8) is 0 Å². The minimum absolute atomic E-state index is 0.0911. The summed E-state index contributed by atoms with van der Waals surface area (Å²) in [5.41, 5.74) is 0.628. The van der Waals surface area contributed by atoms with Crippen molar-refractivity contribution < 1.29 is 19.1 Å². The molecule has 2 rings (SSSR count). The summed E-state index contributed by atoms with van der Waals surface area (Å²) in [7, 11) is 0. The van der Waals surface area contributed by atoms with Crippen molar-refractivity contribution in [1.29, 1.82) is 0 Å². The van der Waals surface area contributed by atoms with Gasteiger partial charge < -0.3 is 19.8 Å². The van der Waals surface area contributed by atoms with Crippen LogP contribution in [0.25, 0.3) is 0 Å². The van der Waals surface area contributed by atoms with Crippen LogP contribution >= 0.6 is 0 Å². The molecular formula is C12H13N3O4. The van der Waals surface area contributed by atoms with Gasteiger partial charge in [-0.15, -0.1) is 0 Å². The van der Waals surface area contributed by atoms with Crippen molar-refractivity contribution in [2.45, 2.75) is 19.4 Å². The standard InChI is InChI=1S/C12H13N3O4/c1-7-2-3-10(19-7)11(16)15-9(12(17)18)4-8-5-13-6-14-8/h2-3,5-6,9H,4H2,1H3,(H,13,14)(H,15,16)(H,17,18). The lowest BCUT2D eigenvalue weighted by molar-refractivity contribution is -0.139. The highest BCUT2D eigenvalue weighted by Gasteiger charge is 2.23. The molecule has 1 atom stereocenters. The molecule has 1 unspecified atom stereocenters. The van der Waals surface area contributed by atoms with Crippen LogP contribution in [0.1, 0.15) is 22.0 Å². The summed E-state index contributed by atoms with van der Waals surface area (Å²) in [6.07, 6.45) is 3.09. The van der Waals surface area contributed by atoms with Gasteiger partial charge in [-0.05, 0) is 19.1 Å². The van der Waals surface area contributed by atoms with Crippen molar-refractivity contribution in [3.8, 4) is 0 Å². The maximum atomic E-state index is 11.8. The van der Waals surface area contributed by atoms with Crippen LogP contribution in [0.15, 0.2) is 29.1 Å². The minimum atomic E-state index is -1.12. The number of hydrogen-bond acceptors (Lipinski definition) is 4. The van der Waals surface area contributed by atoms with Crippen LogP contribution in [0.5, 0.6) is 0 Å². The summed E-state index contributed by atoms with van der Waals surface area (Å²) in [4.78, 5) is 29.5. The molecular weight excluding hydrogens is 250 g/mol. The summed E-state index contributed by atoms with van der Waals surface area (Å²) >= 11 is 0. The van der Waals surface area contributed by atoms with Crippen LogP contribution in [-0.4, -0.2) is 33.0 Å². The predicted molar refractivity (Wildman–Crippen MR) is 64.6 cm³/mol. The number of rotatable bonds is 5. The first-order valence-corrected chi connectivity index (χ1v) is 5.63. The molecule has 0 fully saturated rings. The molecule has 7 nitrogen and oxygen atoms in total. The largest absolute Gasteiger partial charge is 0.480 e. The molecule has 7 heteroatoms. The third-order valence-corrected chi connectivity index (χ3v) is 2.55. The molecule has 2 heterocycles. The Kier molecular flexibility index (Phi) is 3.65. The van der Waals surface area contributed by atoms with E-state index in [0.29, 0.717) is 11.5 Å². The van der Waals surface area contributed by atoms with Crippen molar-refractivity contribution >= 4 is 11.9 Å². The number of nitrogens with zero attached hydrogens (tertiary/aromatic N) is 1. The fraction of sp³-hybridized carbons (Fsp3) is 0.250. The van der Waals surface area contributed by atoms with E-state index < -0.39 is 17.9 Å². The number of aryl methyl sites for hydroxylation is 1. The van der Waals surface area contributed by atoms with Crippen molar-refractivity contribution in [2.75, 3.05) is 0 Å². The van der Waals surface area contributed by atoms with Crippen molar-refractivity contribution in [1.82, 2.24) is 15.3 Å². The number of aromatic nitrogens is 2. The number of nitrogens with one attached hydrogen (secondary N) is 2. The van der Waals surface area contributed by atoms with Gasteiger partial charge in [-0.1, -0.05) is 0 Å². The van der Waals surface area contributed by atoms with E-state index in [1.54, 1.807) is 13.0 Å². The number of furan rings is 1. The van der Waals surface area contributed by atoms with Crippen molar-refractivity contribution in [2.24, 2.45) is 0 Å². The quantitative estimate of drug-likeness (QED) is 0.737. The minimum Gasteiger partial charge on any atom is -0.480 e. The first-order valence-electron chi connectivity index (χ1n) is 5.63. The Morgan fingerprint density at radius 1 is 1.53 bits per heavy atom. The molecule has 0 spiro atoms. The Hall–Kier alpha value is -2.57. The monoisotopic (exact) mass is 263 g/mol. The number of amides is 1. The summed E-state index contributed by atoms with van der Waals surface area (Å²) in [5, 5.41) is 11.5. The van der Waals surface area contributed by atoms with Crippen molar-refractivity contribution in [3.05, 3.63) is 41.9 Å². The molecule has 0 saturated heterocycles. The van der Waals surface area contributed by atoms with Crippen LogP contribution in [0.3, 0.4) is 0 Å². The average molecular weight is 263 g/mol. The van der Waals surface area contributed by atoms with E-state index in [4.69, 9.17) is 9.52 Å². The van der Waals surface area contributed by atoms with Gasteiger partial charge in [0.15, 0.2) is 5.76 Å². The molecule has 0 aromatic carbocycles. The Bertz CT molecular complexity index is 574. The van der Waals surface area contributed by atoms with Gasteiger partial charge in [0.05, 0.1) is 6.33 Å². The fourth-order valence-corrected chi connectivity index (χ4v) is 1.60. The number of carboxylic acid groups (broad SMARTS) is 1. The topological polar surface area (TPSA) is 108 Å². The summed E-state index contributed by atoms with van der Waals surface area (Å²) in [6.45, 7) is 1.70. The van der Waals surface area contributed by atoms with E-state index in [1.807, 2.05) is 0 Å². The highest BCUT2D eigenvalue weighted by Crippen LogP contribution is 2.07. The van der Waals surface area contributed by atoms with Gasteiger partial charge in [-0.2, -0.15) is 0 Å². The second-order valence-corrected chi connectivity index (χ2v) is 4.06. The first-order chi connectivity index (χ1) is 9.06. The normalized spacial score (nSPS) is 12.1. The van der Waals surface area contributed by atoms with E-state index >= 15 is 0 Å². The summed E-state index contributed by atoms with van der Waals surface area (Å²) < 4.78 is 5.14. The Morgan fingerprint density at radius 2 is 2.32 bits per heavy atom. The molecule has 100 valence electrons. The number of aromatic amines is 1. The third-order valence-electron chi connectivity index (χ3n) is 2.55. The van der Waals surface area contributed by atoms with Gasteiger partial charge in [-0.3, -0.25) is 4.79 Å². The second-order valence-electron chi connectivity index (χ2n) is 4.06. The van der Waals surface area contributed by atoms with E-state index in [-0.39, 0.29) is 12.2 Å². The highest BCUT2D eigenvalue weighted by atomic mass is 16.4. The van der Waals surface area contributed by atoms with Gasteiger partial charge in [0, 0.05) is 18.3 Å². The van der Waals surface area contributed by atoms with Crippen LogP contribution in [0, 0.1) is 6.92 Å². The van der Waals surface area contributed by atoms with Gasteiger partial charge >= 0.3 is 5.97 Å². The molecule has 1 amide bonds. The smallest absolute Gasteiger partial charge is 0.326 e. The zero-order chi connectivity index (χ0) is 13.8. The third kappa shape index (κ3) is 3.21. The van der Waals surface area contributed by atoms with E-state index in [9.17, 15) is 9.59 Å². The summed E-state index contributed by atoms with van der Waals surface area (Å²) in [6, 6.07) is 2.10. The molecule has 0 radical (unpaired) electrons. The molecule has 0 aliphatic carbocycles. The Labute approximate surface area is 108 Å². The number of hydrogen-bond donors (Lipinski definition) is 3. The van der Waals surface area contributed by atoms with Gasteiger partial charge in [-0.25, -0.2) is 9.78 Å². The number of carbonyl (C=O) groups excluding carboxylic acids is 1. The maximum absolute atomic E-state index is 11.8. The highest BCUT2D eigenvalue weighted by molar-refractivity contribution is 5.94. The number of H-pyrrole nitrogens is 1. The number of carbonyl (C=O) groups is 2. The molecule has 0 bridgehead atoms. The van der Waals surface area contributed by atoms with Gasteiger partial charge in [0.2, 0.25) is 0 Å². The Morgan fingerprint density at radius 3 is 2.84 bits per heavy atom. The van der Waals surface area contributed by atoms with Crippen LogP contribution in [0.2, 0.25) is 0 Å². The van der Waals surface area contributed by atoms with Gasteiger partial charge in [0.25, 0.3) is 5.91 Å². The first kappa shape index (κ1) is 12.9. The lowest BCUT2D eigenvalue weighted by Crippen LogP contribution is -2.42. The fourth-order valence-electron chi connectivity index (χ4n) is 1.60. The van der Waals surface area contributed by atoms with E-state index in [2.05, 4.69) is 15.3 Å². The van der Waals surface area contributed by atoms with E-state index in [1.165, 1.54) is 18.6 Å². The number of imidazole rings is 1. The molecule has 0 aliphatic heterocycles. The number of carboxylic acids is 1. The zero-order valence-corrected chi connectivity index (χ0v) is 10.2. The van der Waals surface area contributed by atoms with Crippen LogP contribution in [-0.2, 0) is 11.2 Å². The molecule has 0 saturated carbocycles. The Balaban J connectivity index is 2.04. The lowest BCUT2D eigenvalue weighted by atomic mass is 10.1. The molecule has 19 heavy (non-hydrogen) atoms. The van der Waals surface area contributed by atoms with Crippen LogP contribution < -0.4 is 5.32 Å². The summed E-state index contributed by atoms with van der Waals surface area (Å²) in [5.74, 6) is -0.995. The maximum Gasteiger partial charge on any atom is 0.326 e. The predicted octanol–water partition coefficient (Wildman–Crippen LogP) is 0.737. The SMILES string of the molecule is Cc1ccc(C(=O)NC(Cc2cnc[nH]2)C(=O)O)o1. The second kappa shape index (κ2) is 5.38. The molecule has 3 N–H and O–H groups in total.